The third-order valence-electron chi connectivity index (χ3n) is 4.10. The Kier molecular flexibility index (Phi) is 3.26. The van der Waals surface area contributed by atoms with Crippen molar-refractivity contribution in [1.29, 1.82) is 10.5 Å². The van der Waals surface area contributed by atoms with Gasteiger partial charge in [0.05, 0.1) is 34.9 Å². The van der Waals surface area contributed by atoms with Crippen LogP contribution in [0.1, 0.15) is 11.5 Å². The number of pyridine rings is 1. The Hall–Kier alpha value is -3.22. The number of nitriles is 2. The summed E-state index contributed by atoms with van der Waals surface area (Å²) in [5.41, 5.74) is 8.93. The van der Waals surface area contributed by atoms with E-state index < -0.39 is 5.92 Å². The molecule has 2 N–H and O–H groups in total. The first-order valence-electron chi connectivity index (χ1n) is 7.27. The summed E-state index contributed by atoms with van der Waals surface area (Å²) in [5, 5.41) is 20.3. The third-order valence-corrected chi connectivity index (χ3v) is 5.26. The lowest BCUT2D eigenvalue weighted by Gasteiger charge is -2.31. The van der Waals surface area contributed by atoms with Gasteiger partial charge in [-0.25, -0.2) is 0 Å². The quantitative estimate of drug-likeness (QED) is 0.864. The number of nitrogens with zero attached hydrogens (tertiary/aromatic N) is 4. The van der Waals surface area contributed by atoms with Gasteiger partial charge in [0.25, 0.3) is 0 Å². The van der Waals surface area contributed by atoms with Crippen LogP contribution in [0.3, 0.4) is 0 Å². The minimum atomic E-state index is -0.484. The van der Waals surface area contributed by atoms with E-state index in [0.717, 1.165) is 21.2 Å². The molecule has 0 amide bonds. The molecule has 1 aromatic heterocycles. The van der Waals surface area contributed by atoms with Crippen molar-refractivity contribution < 1.29 is 0 Å². The number of benzene rings is 1. The second-order valence-corrected chi connectivity index (χ2v) is 6.40. The summed E-state index contributed by atoms with van der Waals surface area (Å²) in [4.78, 5) is 6.95. The van der Waals surface area contributed by atoms with Crippen LogP contribution in [0.4, 0.5) is 5.69 Å². The Morgan fingerprint density at radius 3 is 2.58 bits per heavy atom. The second kappa shape index (κ2) is 5.45. The molecule has 2 aliphatic heterocycles. The molecule has 0 saturated heterocycles. The van der Waals surface area contributed by atoms with E-state index in [0.29, 0.717) is 17.0 Å². The maximum absolute atomic E-state index is 9.81. The first-order chi connectivity index (χ1) is 11.8. The Balaban J connectivity index is 1.99. The smallest absolute Gasteiger partial charge is 0.123 e. The lowest BCUT2D eigenvalue weighted by atomic mass is 9.84. The molecule has 3 heterocycles. The van der Waals surface area contributed by atoms with E-state index in [1.54, 1.807) is 18.5 Å². The highest BCUT2D eigenvalue weighted by Gasteiger charge is 2.40. The fourth-order valence-corrected chi connectivity index (χ4v) is 4.23. The Bertz CT molecular complexity index is 978. The van der Waals surface area contributed by atoms with E-state index in [1.165, 1.54) is 11.8 Å². The van der Waals surface area contributed by atoms with Crippen molar-refractivity contribution in [3.63, 3.8) is 0 Å². The molecule has 0 unspecified atom stereocenters. The highest BCUT2D eigenvalue weighted by atomic mass is 32.2. The minimum Gasteiger partial charge on any atom is -0.384 e. The molecule has 0 bridgehead atoms. The Labute approximate surface area is 143 Å². The van der Waals surface area contributed by atoms with E-state index in [1.807, 2.05) is 35.2 Å². The van der Waals surface area contributed by atoms with Crippen molar-refractivity contribution in [2.24, 2.45) is 5.73 Å². The van der Waals surface area contributed by atoms with Crippen LogP contribution in [-0.2, 0) is 0 Å². The fraction of sp³-hybridized carbons (Fsp3) is 0.0556. The van der Waals surface area contributed by atoms with Gasteiger partial charge < -0.3 is 5.73 Å². The monoisotopic (exact) mass is 329 g/mol. The summed E-state index contributed by atoms with van der Waals surface area (Å²) in [6.07, 6.45) is 3.34. The zero-order valence-electron chi connectivity index (χ0n) is 12.5. The standard InChI is InChI=1S/C18H11N5S/c19-8-12-16(11-4-3-7-22-10-11)13(9-20)18-23(17(12)21)14-5-1-2-6-15(14)24-18/h1-7,10,16H,21H2/t16-/m1/s1. The van der Waals surface area contributed by atoms with Crippen molar-refractivity contribution in [2.75, 3.05) is 4.90 Å². The zero-order valence-corrected chi connectivity index (χ0v) is 13.3. The van der Waals surface area contributed by atoms with Crippen LogP contribution in [0.15, 0.2) is 75.7 Å². The number of hydrogen-bond donors (Lipinski definition) is 1. The summed E-state index contributed by atoms with van der Waals surface area (Å²) in [6, 6.07) is 15.9. The van der Waals surface area contributed by atoms with Crippen LogP contribution in [-0.4, -0.2) is 4.98 Å². The van der Waals surface area contributed by atoms with Crippen LogP contribution in [0.25, 0.3) is 0 Å². The first kappa shape index (κ1) is 14.4. The molecule has 0 saturated carbocycles. The molecule has 4 rings (SSSR count). The summed E-state index contributed by atoms with van der Waals surface area (Å²) in [7, 11) is 0. The van der Waals surface area contributed by atoms with Gasteiger partial charge in [0.1, 0.15) is 10.9 Å². The van der Waals surface area contributed by atoms with Crippen LogP contribution in [0.2, 0.25) is 0 Å². The number of fused-ring (bicyclic) bond motifs is 3. The van der Waals surface area contributed by atoms with Gasteiger partial charge in [0, 0.05) is 17.3 Å². The minimum absolute atomic E-state index is 0.373. The largest absolute Gasteiger partial charge is 0.384 e. The highest BCUT2D eigenvalue weighted by Crippen LogP contribution is 2.54. The van der Waals surface area contributed by atoms with Gasteiger partial charge in [-0.05, 0) is 23.8 Å². The van der Waals surface area contributed by atoms with Gasteiger partial charge in [-0.2, -0.15) is 10.5 Å². The average Bonchev–Trinajstić information content (AvgIpc) is 3.02. The molecular formula is C18H11N5S. The molecule has 1 atom stereocenters. The van der Waals surface area contributed by atoms with Crippen LogP contribution >= 0.6 is 11.8 Å². The van der Waals surface area contributed by atoms with Gasteiger partial charge in [0.2, 0.25) is 0 Å². The number of allylic oxidation sites excluding steroid dienone is 2. The van der Waals surface area contributed by atoms with Crippen molar-refractivity contribution in [2.45, 2.75) is 10.8 Å². The molecule has 0 fully saturated rings. The molecule has 6 heteroatoms. The van der Waals surface area contributed by atoms with Gasteiger partial charge in [-0.15, -0.1) is 0 Å². The molecule has 2 aliphatic rings. The summed E-state index contributed by atoms with van der Waals surface area (Å²) in [6.45, 7) is 0. The van der Waals surface area contributed by atoms with E-state index in [9.17, 15) is 10.5 Å². The molecule has 24 heavy (non-hydrogen) atoms. The maximum atomic E-state index is 9.81. The number of aromatic nitrogens is 1. The topological polar surface area (TPSA) is 89.7 Å². The van der Waals surface area contributed by atoms with Crippen molar-refractivity contribution in [3.05, 3.63) is 76.4 Å². The molecule has 5 nitrogen and oxygen atoms in total. The van der Waals surface area contributed by atoms with Crippen LogP contribution in [0, 0.1) is 22.7 Å². The van der Waals surface area contributed by atoms with Gasteiger partial charge in [-0.1, -0.05) is 30.0 Å². The SMILES string of the molecule is N#CC1=C(N)N2C(=C(C#N)[C@@H]1c1cccnc1)Sc1ccccc12. The summed E-state index contributed by atoms with van der Waals surface area (Å²) in [5.74, 6) is -0.112. The van der Waals surface area contributed by atoms with E-state index in [2.05, 4.69) is 17.1 Å². The number of rotatable bonds is 1. The van der Waals surface area contributed by atoms with E-state index in [-0.39, 0.29) is 0 Å². The van der Waals surface area contributed by atoms with Gasteiger partial charge >= 0.3 is 0 Å². The lowest BCUT2D eigenvalue weighted by Crippen LogP contribution is -2.32. The predicted molar refractivity (Wildman–Crippen MR) is 91.2 cm³/mol. The number of nitrogens with two attached hydrogens (primary N) is 1. The highest BCUT2D eigenvalue weighted by molar-refractivity contribution is 8.03. The van der Waals surface area contributed by atoms with Crippen molar-refractivity contribution in [3.8, 4) is 12.1 Å². The average molecular weight is 329 g/mol. The Morgan fingerprint density at radius 1 is 1.08 bits per heavy atom. The Morgan fingerprint density at radius 2 is 1.88 bits per heavy atom. The molecule has 0 radical (unpaired) electrons. The molecule has 114 valence electrons. The van der Waals surface area contributed by atoms with Crippen molar-refractivity contribution in [1.82, 2.24) is 4.98 Å². The normalized spacial score (nSPS) is 18.8. The summed E-state index contributed by atoms with van der Waals surface area (Å²) < 4.78 is 0. The summed E-state index contributed by atoms with van der Waals surface area (Å²) >= 11 is 1.51. The molecule has 2 aromatic rings. The van der Waals surface area contributed by atoms with E-state index >= 15 is 0 Å². The second-order valence-electron chi connectivity index (χ2n) is 5.37. The maximum Gasteiger partial charge on any atom is 0.123 e. The first-order valence-corrected chi connectivity index (χ1v) is 8.09. The molecular weight excluding hydrogens is 318 g/mol. The predicted octanol–water partition coefficient (Wildman–Crippen LogP) is 3.22. The zero-order chi connectivity index (χ0) is 16.7. The number of thioether (sulfide) groups is 1. The van der Waals surface area contributed by atoms with E-state index in [4.69, 9.17) is 5.73 Å². The van der Waals surface area contributed by atoms with Gasteiger partial charge in [0.15, 0.2) is 0 Å². The van der Waals surface area contributed by atoms with Gasteiger partial charge in [-0.3, -0.25) is 9.88 Å². The lowest BCUT2D eigenvalue weighted by molar-refractivity contribution is 0.878. The van der Waals surface area contributed by atoms with Crippen LogP contribution in [0.5, 0.6) is 0 Å². The number of hydrogen-bond acceptors (Lipinski definition) is 6. The van der Waals surface area contributed by atoms with Crippen LogP contribution < -0.4 is 10.6 Å². The molecule has 0 aliphatic carbocycles. The number of anilines is 1. The molecule has 0 spiro atoms. The number of para-hydroxylation sites is 1. The third kappa shape index (κ3) is 1.91. The van der Waals surface area contributed by atoms with Crippen molar-refractivity contribution >= 4 is 17.4 Å². The fourth-order valence-electron chi connectivity index (χ4n) is 3.05. The molecule has 1 aromatic carbocycles.